The molecule has 2 aromatic rings. The zero-order valence-corrected chi connectivity index (χ0v) is 14.0. The van der Waals surface area contributed by atoms with Crippen LogP contribution in [0.3, 0.4) is 0 Å². The van der Waals surface area contributed by atoms with E-state index in [9.17, 15) is 10.3 Å². The zero-order chi connectivity index (χ0) is 14.5. The molecule has 0 aromatic heterocycles. The van der Waals surface area contributed by atoms with Gasteiger partial charge < -0.3 is 15.1 Å². The maximum atomic E-state index is 9.88. The number of fused-ring (bicyclic) bond motifs is 1. The van der Waals surface area contributed by atoms with Gasteiger partial charge in [0.1, 0.15) is 18.5 Å². The summed E-state index contributed by atoms with van der Waals surface area (Å²) in [6.45, 7) is 4.04. The van der Waals surface area contributed by atoms with E-state index in [0.717, 1.165) is 21.6 Å². The summed E-state index contributed by atoms with van der Waals surface area (Å²) in [7, 11) is 0. The Kier molecular flexibility index (Phi) is 7.11. The molecule has 0 spiro atoms. The first-order valence-electron chi connectivity index (χ1n) is 6.82. The van der Waals surface area contributed by atoms with Crippen molar-refractivity contribution in [3.63, 3.8) is 0 Å². The van der Waals surface area contributed by atoms with Crippen LogP contribution in [-0.4, -0.2) is 40.7 Å². The highest BCUT2D eigenvalue weighted by atomic mass is 79.9. The summed E-state index contributed by atoms with van der Waals surface area (Å²) in [5, 5.41) is 22.7. The summed E-state index contributed by atoms with van der Waals surface area (Å²) in [6.07, 6.45) is -0.735. The van der Waals surface area contributed by atoms with Crippen LogP contribution >= 0.6 is 17.0 Å². The van der Waals surface area contributed by atoms with Gasteiger partial charge >= 0.3 is 0 Å². The van der Waals surface area contributed by atoms with Crippen LogP contribution in [0.1, 0.15) is 13.8 Å². The number of nitrogens with zero attached hydrogens (tertiary/aromatic N) is 1. The average molecular weight is 356 g/mol. The molecule has 4 nitrogen and oxygen atoms in total. The molecule has 0 fully saturated rings. The molecule has 1 atom stereocenters. The van der Waals surface area contributed by atoms with E-state index in [4.69, 9.17) is 4.74 Å². The fraction of sp³-hybridized carbons (Fsp3) is 0.375. The Morgan fingerprint density at radius 3 is 2.48 bits per heavy atom. The molecule has 0 bridgehead atoms. The Labute approximate surface area is 135 Å². The SMILES string of the molecule is Br.CC(C)N(O)CC(O)COc1cccc2ccccc12. The van der Waals surface area contributed by atoms with Gasteiger partial charge in [-0.2, -0.15) is 5.06 Å². The van der Waals surface area contributed by atoms with Gasteiger partial charge in [-0.15, -0.1) is 17.0 Å². The third-order valence-electron chi connectivity index (χ3n) is 3.17. The van der Waals surface area contributed by atoms with Crippen LogP contribution in [0.2, 0.25) is 0 Å². The van der Waals surface area contributed by atoms with Gasteiger partial charge in [0.2, 0.25) is 0 Å². The molecular weight excluding hydrogens is 334 g/mol. The quantitative estimate of drug-likeness (QED) is 0.781. The van der Waals surface area contributed by atoms with Crippen molar-refractivity contribution >= 4 is 27.8 Å². The molecule has 5 heteroatoms. The lowest BCUT2D eigenvalue weighted by Gasteiger charge is -2.22. The summed E-state index contributed by atoms with van der Waals surface area (Å²) in [4.78, 5) is 0. The molecule has 2 N–H and O–H groups in total. The third-order valence-corrected chi connectivity index (χ3v) is 3.17. The van der Waals surface area contributed by atoms with Crippen LogP contribution in [0, 0.1) is 0 Å². The van der Waals surface area contributed by atoms with E-state index in [1.807, 2.05) is 56.3 Å². The average Bonchev–Trinajstić information content (AvgIpc) is 2.44. The Morgan fingerprint density at radius 2 is 1.76 bits per heavy atom. The normalized spacial score (nSPS) is 12.5. The maximum absolute atomic E-state index is 9.88. The molecule has 2 rings (SSSR count). The molecule has 2 aromatic carbocycles. The second-order valence-corrected chi connectivity index (χ2v) is 5.16. The van der Waals surface area contributed by atoms with E-state index in [-0.39, 0.29) is 36.2 Å². The third kappa shape index (κ3) is 4.97. The van der Waals surface area contributed by atoms with Gasteiger partial charge in [-0.25, -0.2) is 0 Å². The number of hydrogen-bond donors (Lipinski definition) is 2. The van der Waals surface area contributed by atoms with Crippen LogP contribution in [0.5, 0.6) is 5.75 Å². The van der Waals surface area contributed by atoms with Gasteiger partial charge in [0.15, 0.2) is 0 Å². The fourth-order valence-corrected chi connectivity index (χ4v) is 1.99. The van der Waals surface area contributed by atoms with Gasteiger partial charge in [-0.05, 0) is 25.3 Å². The monoisotopic (exact) mass is 355 g/mol. The number of aliphatic hydroxyl groups is 1. The second kappa shape index (κ2) is 8.34. The van der Waals surface area contributed by atoms with E-state index in [1.165, 1.54) is 0 Å². The number of hydrogen-bond acceptors (Lipinski definition) is 4. The maximum Gasteiger partial charge on any atom is 0.127 e. The number of halogens is 1. The highest BCUT2D eigenvalue weighted by Crippen LogP contribution is 2.25. The van der Waals surface area contributed by atoms with Crippen LogP contribution in [-0.2, 0) is 0 Å². The first-order chi connectivity index (χ1) is 9.58. The summed E-state index contributed by atoms with van der Waals surface area (Å²) >= 11 is 0. The summed E-state index contributed by atoms with van der Waals surface area (Å²) in [6, 6.07) is 13.8. The van der Waals surface area contributed by atoms with Crippen LogP contribution in [0.25, 0.3) is 10.8 Å². The molecule has 0 aliphatic carbocycles. The van der Waals surface area contributed by atoms with Gasteiger partial charge in [0, 0.05) is 11.4 Å². The molecular formula is C16H22BrNO3. The Morgan fingerprint density at radius 1 is 1.10 bits per heavy atom. The summed E-state index contributed by atoms with van der Waals surface area (Å²) in [5.41, 5.74) is 0. The van der Waals surface area contributed by atoms with Crippen molar-refractivity contribution in [2.45, 2.75) is 26.0 Å². The molecule has 0 radical (unpaired) electrons. The largest absolute Gasteiger partial charge is 0.490 e. The van der Waals surface area contributed by atoms with Crippen molar-refractivity contribution in [1.82, 2.24) is 5.06 Å². The number of ether oxygens (including phenoxy) is 1. The molecule has 0 heterocycles. The smallest absolute Gasteiger partial charge is 0.127 e. The lowest BCUT2D eigenvalue weighted by atomic mass is 10.1. The van der Waals surface area contributed by atoms with E-state index in [0.29, 0.717) is 0 Å². The lowest BCUT2D eigenvalue weighted by Crippen LogP contribution is -2.37. The van der Waals surface area contributed by atoms with Crippen molar-refractivity contribution in [3.05, 3.63) is 42.5 Å². The molecule has 0 saturated carbocycles. The van der Waals surface area contributed by atoms with E-state index in [2.05, 4.69) is 0 Å². The number of rotatable bonds is 6. The predicted octanol–water partition coefficient (Wildman–Crippen LogP) is 3.26. The second-order valence-electron chi connectivity index (χ2n) is 5.16. The van der Waals surface area contributed by atoms with Crippen LogP contribution < -0.4 is 4.74 Å². The zero-order valence-electron chi connectivity index (χ0n) is 12.3. The van der Waals surface area contributed by atoms with E-state index in [1.54, 1.807) is 0 Å². The van der Waals surface area contributed by atoms with Gasteiger partial charge in [0.25, 0.3) is 0 Å². The fourth-order valence-electron chi connectivity index (χ4n) is 1.99. The Balaban J connectivity index is 0.00000220. The molecule has 0 amide bonds. The highest BCUT2D eigenvalue weighted by Gasteiger charge is 2.13. The van der Waals surface area contributed by atoms with E-state index >= 15 is 0 Å². The standard InChI is InChI=1S/C16H21NO3.BrH/c1-12(2)17(19)10-14(18)11-20-16-9-5-7-13-6-3-4-8-15(13)16;/h3-9,12,14,18-19H,10-11H2,1-2H3;1H. The minimum absolute atomic E-state index is 0. The van der Waals surface area contributed by atoms with Crippen LogP contribution in [0.4, 0.5) is 0 Å². The number of benzene rings is 2. The van der Waals surface area contributed by atoms with Crippen molar-refractivity contribution in [2.75, 3.05) is 13.2 Å². The number of aliphatic hydroxyl groups excluding tert-OH is 1. The molecule has 0 aliphatic rings. The minimum atomic E-state index is -0.735. The van der Waals surface area contributed by atoms with E-state index < -0.39 is 6.10 Å². The predicted molar refractivity (Wildman–Crippen MR) is 89.4 cm³/mol. The lowest BCUT2D eigenvalue weighted by molar-refractivity contribution is -0.139. The van der Waals surface area contributed by atoms with Gasteiger partial charge in [0.05, 0.1) is 6.54 Å². The van der Waals surface area contributed by atoms with Crippen molar-refractivity contribution in [2.24, 2.45) is 0 Å². The van der Waals surface area contributed by atoms with Crippen molar-refractivity contribution in [1.29, 1.82) is 0 Å². The van der Waals surface area contributed by atoms with Gasteiger partial charge in [-0.1, -0.05) is 36.4 Å². The van der Waals surface area contributed by atoms with Crippen molar-refractivity contribution in [3.8, 4) is 5.75 Å². The first kappa shape index (κ1) is 17.9. The topological polar surface area (TPSA) is 52.9 Å². The Hall–Kier alpha value is -1.14. The van der Waals surface area contributed by atoms with Gasteiger partial charge in [-0.3, -0.25) is 0 Å². The molecule has 21 heavy (non-hydrogen) atoms. The molecule has 0 aliphatic heterocycles. The minimum Gasteiger partial charge on any atom is -0.490 e. The number of hydroxylamine groups is 2. The molecule has 116 valence electrons. The van der Waals surface area contributed by atoms with Crippen LogP contribution in [0.15, 0.2) is 42.5 Å². The first-order valence-corrected chi connectivity index (χ1v) is 6.82. The highest BCUT2D eigenvalue weighted by molar-refractivity contribution is 8.93. The summed E-state index contributed by atoms with van der Waals surface area (Å²) < 4.78 is 5.67. The van der Waals surface area contributed by atoms with Crippen molar-refractivity contribution < 1.29 is 15.1 Å². The molecule has 0 saturated heterocycles. The molecule has 1 unspecified atom stereocenters. The Bertz CT molecular complexity index is 557. The summed E-state index contributed by atoms with van der Waals surface area (Å²) in [5.74, 6) is 0.746.